The van der Waals surface area contributed by atoms with Crippen LogP contribution < -0.4 is 10.1 Å². The van der Waals surface area contributed by atoms with Gasteiger partial charge in [0.25, 0.3) is 5.91 Å². The number of amides is 1. The molecule has 2 aromatic carbocycles. The number of hydrogen-bond acceptors (Lipinski definition) is 5. The lowest BCUT2D eigenvalue weighted by Crippen LogP contribution is -2.25. The van der Waals surface area contributed by atoms with Crippen molar-refractivity contribution < 1.29 is 9.53 Å². The van der Waals surface area contributed by atoms with Crippen LogP contribution in [-0.2, 0) is 12.4 Å². The highest BCUT2D eigenvalue weighted by Crippen LogP contribution is 2.17. The molecule has 0 saturated carbocycles. The van der Waals surface area contributed by atoms with Crippen molar-refractivity contribution in [2.24, 2.45) is 0 Å². The number of imidazole rings is 1. The lowest BCUT2D eigenvalue weighted by Gasteiger charge is -2.08. The maximum atomic E-state index is 12.4. The van der Waals surface area contributed by atoms with Gasteiger partial charge in [0, 0.05) is 36.0 Å². The molecule has 6 nitrogen and oxygen atoms in total. The zero-order valence-electron chi connectivity index (χ0n) is 18.3. The number of aromatic nitrogens is 2. The number of carbonyl (C=O) groups excluding carboxylic acids is 1. The van der Waals surface area contributed by atoms with Crippen LogP contribution in [0.25, 0.3) is 5.65 Å². The molecule has 33 heavy (non-hydrogen) atoms. The second kappa shape index (κ2) is 10.7. The van der Waals surface area contributed by atoms with Crippen molar-refractivity contribution in [3.63, 3.8) is 0 Å². The van der Waals surface area contributed by atoms with Crippen LogP contribution in [0.2, 0.25) is 0 Å². The summed E-state index contributed by atoms with van der Waals surface area (Å²) in [4.78, 5) is 16.9. The molecule has 7 heteroatoms. The summed E-state index contributed by atoms with van der Waals surface area (Å²) < 4.78 is 7.81. The van der Waals surface area contributed by atoms with Crippen molar-refractivity contribution in [3.05, 3.63) is 101 Å². The van der Waals surface area contributed by atoms with Gasteiger partial charge in [-0.15, -0.1) is 0 Å². The van der Waals surface area contributed by atoms with E-state index in [0.29, 0.717) is 30.0 Å². The van der Waals surface area contributed by atoms with Crippen LogP contribution in [0.5, 0.6) is 5.75 Å². The molecule has 2 heterocycles. The molecule has 0 aliphatic rings. The first-order chi connectivity index (χ1) is 16.1. The molecule has 1 amide bonds. The summed E-state index contributed by atoms with van der Waals surface area (Å²) in [5, 5.41) is 12.1. The molecule has 2 aromatic heterocycles. The first kappa shape index (κ1) is 22.4. The van der Waals surface area contributed by atoms with E-state index in [4.69, 9.17) is 10.00 Å². The molecule has 0 fully saturated rings. The lowest BCUT2D eigenvalue weighted by atomic mass is 10.1. The smallest absolute Gasteiger partial charge is 0.251 e. The molecular formula is C26H24N4O2S. The van der Waals surface area contributed by atoms with Crippen molar-refractivity contribution >= 4 is 23.3 Å². The number of benzene rings is 2. The van der Waals surface area contributed by atoms with Gasteiger partial charge in [0.2, 0.25) is 0 Å². The van der Waals surface area contributed by atoms with Gasteiger partial charge in [-0.3, -0.25) is 4.79 Å². The predicted octanol–water partition coefficient (Wildman–Crippen LogP) is 4.76. The minimum absolute atomic E-state index is 0.115. The fourth-order valence-electron chi connectivity index (χ4n) is 3.36. The number of fused-ring (bicyclic) bond motifs is 1. The Morgan fingerprint density at radius 2 is 1.94 bits per heavy atom. The van der Waals surface area contributed by atoms with Gasteiger partial charge in [0.05, 0.1) is 17.3 Å². The Balaban J connectivity index is 1.21. The number of aryl methyl sites for hydroxylation is 1. The highest BCUT2D eigenvalue weighted by atomic mass is 32.2. The first-order valence-electron chi connectivity index (χ1n) is 10.6. The van der Waals surface area contributed by atoms with Crippen LogP contribution in [-0.4, -0.2) is 27.6 Å². The van der Waals surface area contributed by atoms with E-state index in [1.807, 2.05) is 60.1 Å². The Hall–Kier alpha value is -3.76. The minimum Gasteiger partial charge on any atom is -0.487 e. The number of rotatable bonds is 9. The summed E-state index contributed by atoms with van der Waals surface area (Å²) in [5.41, 5.74) is 5.21. The number of hydrogen-bond donors (Lipinski definition) is 1. The fraction of sp³-hybridized carbons (Fsp3) is 0.192. The molecule has 4 rings (SSSR count). The van der Waals surface area contributed by atoms with E-state index in [0.717, 1.165) is 28.4 Å². The van der Waals surface area contributed by atoms with Crippen LogP contribution >= 0.6 is 11.8 Å². The monoisotopic (exact) mass is 456 g/mol. The van der Waals surface area contributed by atoms with Crippen LogP contribution in [0.15, 0.2) is 73.1 Å². The van der Waals surface area contributed by atoms with Crippen LogP contribution in [0.1, 0.15) is 32.7 Å². The van der Waals surface area contributed by atoms with E-state index >= 15 is 0 Å². The third-order valence-electron chi connectivity index (χ3n) is 5.08. The largest absolute Gasteiger partial charge is 0.487 e. The topological polar surface area (TPSA) is 79.4 Å². The van der Waals surface area contributed by atoms with Gasteiger partial charge < -0.3 is 14.5 Å². The molecule has 0 spiro atoms. The summed E-state index contributed by atoms with van der Waals surface area (Å²) in [6.07, 6.45) is 3.99. The average Bonchev–Trinajstić information content (AvgIpc) is 3.25. The highest BCUT2D eigenvalue weighted by Gasteiger charge is 2.07. The second-order valence-corrected chi connectivity index (χ2v) is 8.70. The summed E-state index contributed by atoms with van der Waals surface area (Å²) in [6.45, 7) is 2.96. The number of nitrogens with zero attached hydrogens (tertiary/aromatic N) is 3. The summed E-state index contributed by atoms with van der Waals surface area (Å²) in [7, 11) is 0. The Morgan fingerprint density at radius 3 is 2.76 bits per heavy atom. The molecule has 1 N–H and O–H groups in total. The number of ether oxygens (including phenoxy) is 1. The molecule has 4 aromatic rings. The van der Waals surface area contributed by atoms with Gasteiger partial charge in [-0.05, 0) is 54.4 Å². The van der Waals surface area contributed by atoms with Crippen LogP contribution in [0.3, 0.4) is 0 Å². The number of pyridine rings is 1. The Labute approximate surface area is 197 Å². The predicted molar refractivity (Wildman–Crippen MR) is 130 cm³/mol. The zero-order chi connectivity index (χ0) is 23.0. The number of carbonyl (C=O) groups is 1. The summed E-state index contributed by atoms with van der Waals surface area (Å²) >= 11 is 1.69. The maximum absolute atomic E-state index is 12.4. The minimum atomic E-state index is -0.115. The van der Waals surface area contributed by atoms with Gasteiger partial charge >= 0.3 is 0 Å². The van der Waals surface area contributed by atoms with Crippen molar-refractivity contribution in [2.45, 2.75) is 19.3 Å². The van der Waals surface area contributed by atoms with Gasteiger partial charge in [-0.2, -0.15) is 17.0 Å². The van der Waals surface area contributed by atoms with E-state index in [1.54, 1.807) is 36.0 Å². The molecule has 166 valence electrons. The quantitative estimate of drug-likeness (QED) is 0.368. The number of nitriles is 1. The zero-order valence-corrected chi connectivity index (χ0v) is 19.1. The van der Waals surface area contributed by atoms with Gasteiger partial charge in [0.1, 0.15) is 18.0 Å². The molecular weight excluding hydrogens is 432 g/mol. The Bertz CT molecular complexity index is 1290. The van der Waals surface area contributed by atoms with Crippen molar-refractivity contribution in [1.29, 1.82) is 5.26 Å². The highest BCUT2D eigenvalue weighted by molar-refractivity contribution is 7.98. The second-order valence-electron chi connectivity index (χ2n) is 7.59. The lowest BCUT2D eigenvalue weighted by molar-refractivity contribution is 0.0956. The molecule has 0 saturated heterocycles. The van der Waals surface area contributed by atoms with Crippen LogP contribution in [0, 0.1) is 18.3 Å². The average molecular weight is 457 g/mol. The number of thioether (sulfide) groups is 1. The SMILES string of the molecule is Cc1ccc2nc(COc3ccc(C(=O)NCCSCc4ccccc4C#N)cc3)cn2c1. The fourth-order valence-corrected chi connectivity index (χ4v) is 4.22. The molecule has 0 atom stereocenters. The summed E-state index contributed by atoms with van der Waals surface area (Å²) in [6, 6.07) is 20.9. The van der Waals surface area contributed by atoms with Gasteiger partial charge in [0.15, 0.2) is 0 Å². The van der Waals surface area contributed by atoms with Gasteiger partial charge in [-0.25, -0.2) is 4.98 Å². The van der Waals surface area contributed by atoms with E-state index < -0.39 is 0 Å². The van der Waals surface area contributed by atoms with E-state index in [-0.39, 0.29) is 5.91 Å². The van der Waals surface area contributed by atoms with Crippen molar-refractivity contribution in [3.8, 4) is 11.8 Å². The standard InChI is InChI=1S/C26H24N4O2S/c1-19-6-11-25-29-23(16-30(25)15-19)17-32-24-9-7-20(8-10-24)26(31)28-12-13-33-18-22-5-3-2-4-21(22)14-27/h2-11,15-16H,12-13,17-18H2,1H3,(H,28,31). The van der Waals surface area contributed by atoms with Gasteiger partial charge in [-0.1, -0.05) is 24.3 Å². The van der Waals surface area contributed by atoms with E-state index in [9.17, 15) is 4.79 Å². The first-order valence-corrected chi connectivity index (χ1v) is 11.8. The number of nitrogens with one attached hydrogen (secondary N) is 1. The molecule has 0 unspecified atom stereocenters. The van der Waals surface area contributed by atoms with Crippen molar-refractivity contribution in [2.75, 3.05) is 12.3 Å². The van der Waals surface area contributed by atoms with Crippen molar-refractivity contribution in [1.82, 2.24) is 14.7 Å². The third-order valence-corrected chi connectivity index (χ3v) is 6.09. The third kappa shape index (κ3) is 5.93. The van der Waals surface area contributed by atoms with Crippen LogP contribution in [0.4, 0.5) is 0 Å². The Kier molecular flexibility index (Phi) is 7.28. The molecule has 0 aliphatic carbocycles. The normalized spacial score (nSPS) is 10.7. The van der Waals surface area contributed by atoms with E-state index in [2.05, 4.69) is 16.4 Å². The summed E-state index contributed by atoms with van der Waals surface area (Å²) in [5.74, 6) is 2.09. The Morgan fingerprint density at radius 1 is 1.12 bits per heavy atom. The molecule has 0 bridgehead atoms. The maximum Gasteiger partial charge on any atom is 0.251 e. The molecule has 0 radical (unpaired) electrons. The molecule has 0 aliphatic heterocycles. The van der Waals surface area contributed by atoms with E-state index in [1.165, 1.54) is 5.56 Å².